The number of nitrogens with one attached hydrogen (secondary N) is 2. The first-order chi connectivity index (χ1) is 8.63. The van der Waals surface area contributed by atoms with Crippen molar-refractivity contribution >= 4 is 30.1 Å². The van der Waals surface area contributed by atoms with E-state index in [4.69, 9.17) is 0 Å². The monoisotopic (exact) mass is 310 g/mol. The summed E-state index contributed by atoms with van der Waals surface area (Å²) in [4.78, 5) is 11.9. The fourth-order valence-electron chi connectivity index (χ4n) is 1.23. The molecule has 1 rings (SSSR count). The summed E-state index contributed by atoms with van der Waals surface area (Å²) in [6, 6.07) is 3.60. The zero-order valence-electron chi connectivity index (χ0n) is 10.5. The summed E-state index contributed by atoms with van der Waals surface area (Å²) in [6.07, 6.45) is 0. The van der Waals surface area contributed by atoms with E-state index < -0.39 is 11.6 Å². The lowest BCUT2D eigenvalue weighted by Crippen LogP contribution is -2.32. The summed E-state index contributed by atoms with van der Waals surface area (Å²) < 4.78 is 25.6. The predicted octanol–water partition coefficient (Wildman–Crippen LogP) is 2.20. The molecule has 0 bridgehead atoms. The third-order valence-electron chi connectivity index (χ3n) is 2.13. The lowest BCUT2D eigenvalue weighted by molar-refractivity contribution is -0.118. The molecule has 0 aliphatic rings. The van der Waals surface area contributed by atoms with E-state index in [1.54, 1.807) is 0 Å². The molecule has 0 heterocycles. The van der Waals surface area contributed by atoms with Crippen LogP contribution in [0.15, 0.2) is 23.1 Å². The van der Waals surface area contributed by atoms with Crippen LogP contribution in [0.3, 0.4) is 0 Å². The Bertz CT molecular complexity index is 407. The molecule has 7 heteroatoms. The molecule has 2 N–H and O–H groups in total. The molecule has 1 amide bonds. The second-order valence-corrected chi connectivity index (χ2v) is 4.62. The van der Waals surface area contributed by atoms with Gasteiger partial charge in [-0.1, -0.05) is 6.92 Å². The molecule has 0 aliphatic carbocycles. The number of benzene rings is 1. The van der Waals surface area contributed by atoms with Gasteiger partial charge in [0.25, 0.3) is 0 Å². The van der Waals surface area contributed by atoms with Crippen molar-refractivity contribution in [2.45, 2.75) is 11.8 Å². The number of halogens is 3. The highest BCUT2D eigenvalue weighted by atomic mass is 35.5. The molecule has 0 atom stereocenters. The molecule has 0 radical (unpaired) electrons. The van der Waals surface area contributed by atoms with Crippen LogP contribution < -0.4 is 10.6 Å². The smallest absolute Gasteiger partial charge is 0.230 e. The number of hydrogen-bond donors (Lipinski definition) is 2. The van der Waals surface area contributed by atoms with E-state index in [-0.39, 0.29) is 24.1 Å². The number of thioether (sulfide) groups is 1. The van der Waals surface area contributed by atoms with Crippen molar-refractivity contribution < 1.29 is 13.6 Å². The number of likely N-dealkylation sites (N-methyl/N-ethyl adjacent to an activating group) is 1. The molecule has 108 valence electrons. The SMILES string of the molecule is CCNCCNC(=O)CSc1ccc(F)c(F)c1.Cl. The summed E-state index contributed by atoms with van der Waals surface area (Å²) in [5.74, 6) is -1.71. The second-order valence-electron chi connectivity index (χ2n) is 3.57. The Labute approximate surface area is 121 Å². The van der Waals surface area contributed by atoms with Crippen molar-refractivity contribution in [1.29, 1.82) is 0 Å². The Morgan fingerprint density at radius 3 is 2.63 bits per heavy atom. The van der Waals surface area contributed by atoms with Crippen LogP contribution in [-0.2, 0) is 4.79 Å². The first-order valence-corrected chi connectivity index (χ1v) is 6.67. The minimum absolute atomic E-state index is 0. The van der Waals surface area contributed by atoms with Crippen LogP contribution in [0.2, 0.25) is 0 Å². The first-order valence-electron chi connectivity index (χ1n) is 5.68. The van der Waals surface area contributed by atoms with Crippen LogP contribution in [0.5, 0.6) is 0 Å². The van der Waals surface area contributed by atoms with E-state index >= 15 is 0 Å². The lowest BCUT2D eigenvalue weighted by Gasteiger charge is -2.05. The molecule has 3 nitrogen and oxygen atoms in total. The predicted molar refractivity (Wildman–Crippen MR) is 75.9 cm³/mol. The number of carbonyl (C=O) groups excluding carboxylic acids is 1. The van der Waals surface area contributed by atoms with E-state index in [2.05, 4.69) is 10.6 Å². The van der Waals surface area contributed by atoms with Gasteiger partial charge < -0.3 is 10.6 Å². The van der Waals surface area contributed by atoms with Gasteiger partial charge in [-0.3, -0.25) is 4.79 Å². The number of rotatable bonds is 7. The third-order valence-corrected chi connectivity index (χ3v) is 3.13. The lowest BCUT2D eigenvalue weighted by atomic mass is 10.3. The third kappa shape index (κ3) is 7.34. The summed E-state index contributed by atoms with van der Waals surface area (Å²) >= 11 is 1.18. The quantitative estimate of drug-likeness (QED) is 0.599. The highest BCUT2D eigenvalue weighted by Gasteiger charge is 2.05. The highest BCUT2D eigenvalue weighted by molar-refractivity contribution is 8.00. The van der Waals surface area contributed by atoms with Crippen LogP contribution in [0.1, 0.15) is 6.92 Å². The summed E-state index contributed by atoms with van der Waals surface area (Å²) in [5.41, 5.74) is 0. The Hall–Kier alpha value is -0.850. The Kier molecular flexibility index (Phi) is 9.55. The van der Waals surface area contributed by atoms with Crippen LogP contribution in [0, 0.1) is 11.6 Å². The number of carbonyl (C=O) groups is 1. The van der Waals surface area contributed by atoms with Gasteiger partial charge in [-0.05, 0) is 24.7 Å². The van der Waals surface area contributed by atoms with Crippen LogP contribution in [0.25, 0.3) is 0 Å². The molecule has 0 fully saturated rings. The standard InChI is InChI=1S/C12H16F2N2OS.ClH/c1-2-15-5-6-16-12(17)8-18-9-3-4-10(13)11(14)7-9;/h3-4,7,15H,2,5-6,8H2,1H3,(H,16,17);1H. The van der Waals surface area contributed by atoms with Crippen LogP contribution in [-0.4, -0.2) is 31.3 Å². The molecule has 0 saturated heterocycles. The topological polar surface area (TPSA) is 41.1 Å². The number of amides is 1. The van der Waals surface area contributed by atoms with E-state index in [1.807, 2.05) is 6.92 Å². The average molecular weight is 311 g/mol. The van der Waals surface area contributed by atoms with Gasteiger partial charge in [-0.2, -0.15) is 0 Å². The highest BCUT2D eigenvalue weighted by Crippen LogP contribution is 2.19. The summed E-state index contributed by atoms with van der Waals surface area (Å²) in [7, 11) is 0. The Balaban J connectivity index is 0.00000324. The average Bonchev–Trinajstić information content (AvgIpc) is 2.36. The van der Waals surface area contributed by atoms with Gasteiger partial charge in [0.1, 0.15) is 0 Å². The van der Waals surface area contributed by atoms with E-state index in [1.165, 1.54) is 17.8 Å². The number of hydrogen-bond acceptors (Lipinski definition) is 3. The van der Waals surface area contributed by atoms with Gasteiger partial charge in [0.2, 0.25) is 5.91 Å². The van der Waals surface area contributed by atoms with Crippen molar-refractivity contribution in [3.05, 3.63) is 29.8 Å². The van der Waals surface area contributed by atoms with Crippen LogP contribution >= 0.6 is 24.2 Å². The van der Waals surface area contributed by atoms with Crippen molar-refractivity contribution in [2.24, 2.45) is 0 Å². The first kappa shape index (κ1) is 18.1. The normalized spacial score (nSPS) is 9.84. The van der Waals surface area contributed by atoms with Crippen molar-refractivity contribution in [1.82, 2.24) is 10.6 Å². The van der Waals surface area contributed by atoms with Crippen LogP contribution in [0.4, 0.5) is 8.78 Å². The second kappa shape index (κ2) is 10.00. The molecular formula is C12H17ClF2N2OS. The Morgan fingerprint density at radius 2 is 2.00 bits per heavy atom. The molecule has 1 aromatic rings. The molecule has 0 saturated carbocycles. The van der Waals surface area contributed by atoms with Crippen molar-refractivity contribution in [3.8, 4) is 0 Å². The zero-order chi connectivity index (χ0) is 13.4. The molecule has 0 unspecified atom stereocenters. The van der Waals surface area contributed by atoms with Gasteiger partial charge in [-0.15, -0.1) is 24.2 Å². The van der Waals surface area contributed by atoms with Crippen molar-refractivity contribution in [2.75, 3.05) is 25.4 Å². The van der Waals surface area contributed by atoms with E-state index in [9.17, 15) is 13.6 Å². The van der Waals surface area contributed by atoms with Gasteiger partial charge in [0, 0.05) is 18.0 Å². The Morgan fingerprint density at radius 1 is 1.26 bits per heavy atom. The maximum Gasteiger partial charge on any atom is 0.230 e. The minimum Gasteiger partial charge on any atom is -0.354 e. The molecular weight excluding hydrogens is 294 g/mol. The molecule has 0 aliphatic heterocycles. The zero-order valence-corrected chi connectivity index (χ0v) is 12.2. The summed E-state index contributed by atoms with van der Waals surface area (Å²) in [6.45, 7) is 4.13. The largest absolute Gasteiger partial charge is 0.354 e. The van der Waals surface area contributed by atoms with Gasteiger partial charge in [0.15, 0.2) is 11.6 Å². The fourth-order valence-corrected chi connectivity index (χ4v) is 1.98. The minimum atomic E-state index is -0.896. The van der Waals surface area contributed by atoms with Gasteiger partial charge in [0.05, 0.1) is 5.75 Å². The molecule has 0 spiro atoms. The maximum absolute atomic E-state index is 12.9. The van der Waals surface area contributed by atoms with Crippen molar-refractivity contribution in [3.63, 3.8) is 0 Å². The van der Waals surface area contributed by atoms with Gasteiger partial charge >= 0.3 is 0 Å². The van der Waals surface area contributed by atoms with Gasteiger partial charge in [-0.25, -0.2) is 8.78 Å². The molecule has 1 aromatic carbocycles. The molecule has 19 heavy (non-hydrogen) atoms. The summed E-state index contributed by atoms with van der Waals surface area (Å²) in [5, 5.41) is 5.80. The maximum atomic E-state index is 12.9. The van der Waals surface area contributed by atoms with E-state index in [0.29, 0.717) is 11.4 Å². The van der Waals surface area contributed by atoms with E-state index in [0.717, 1.165) is 25.2 Å². The molecule has 0 aromatic heterocycles. The fraction of sp³-hybridized carbons (Fsp3) is 0.417.